The monoisotopic (exact) mass is 280 g/mol. The maximum absolute atomic E-state index is 13.8. The van der Waals surface area contributed by atoms with Gasteiger partial charge in [0.25, 0.3) is 0 Å². The van der Waals surface area contributed by atoms with Crippen LogP contribution in [0.4, 0.5) is 4.39 Å². The highest BCUT2D eigenvalue weighted by Crippen LogP contribution is 2.26. The molecule has 3 rings (SSSR count). The topological polar surface area (TPSA) is 53.9 Å². The zero-order chi connectivity index (χ0) is 14.8. The Morgan fingerprint density at radius 1 is 1.33 bits per heavy atom. The number of aliphatic imine (C=N–C) groups is 1. The van der Waals surface area contributed by atoms with Gasteiger partial charge in [-0.2, -0.15) is 0 Å². The number of aromatic nitrogens is 3. The van der Waals surface area contributed by atoms with E-state index in [0.717, 1.165) is 16.6 Å². The molecule has 0 aliphatic heterocycles. The van der Waals surface area contributed by atoms with Crippen molar-refractivity contribution in [3.8, 4) is 11.3 Å². The lowest BCUT2D eigenvalue weighted by Gasteiger charge is -2.01. The molecular formula is C16H13FN4. The van der Waals surface area contributed by atoms with Crippen LogP contribution in [0.2, 0.25) is 0 Å². The summed E-state index contributed by atoms with van der Waals surface area (Å²) in [5.74, 6) is -0.337. The van der Waals surface area contributed by atoms with Crippen molar-refractivity contribution in [3.63, 3.8) is 0 Å². The number of nitrogens with one attached hydrogen (secondary N) is 1. The fourth-order valence-corrected chi connectivity index (χ4v) is 2.23. The number of fused-ring (bicyclic) bond motifs is 1. The number of pyridine rings is 2. The average molecular weight is 280 g/mol. The van der Waals surface area contributed by atoms with Crippen molar-refractivity contribution in [2.45, 2.75) is 6.92 Å². The Kier molecular flexibility index (Phi) is 3.31. The first-order valence-corrected chi connectivity index (χ1v) is 6.42. The van der Waals surface area contributed by atoms with Crippen LogP contribution in [0.3, 0.4) is 0 Å². The van der Waals surface area contributed by atoms with Gasteiger partial charge in [-0.3, -0.25) is 9.98 Å². The molecule has 0 aliphatic carbocycles. The second-order valence-electron chi connectivity index (χ2n) is 4.61. The van der Waals surface area contributed by atoms with Crippen molar-refractivity contribution in [1.29, 1.82) is 0 Å². The zero-order valence-corrected chi connectivity index (χ0v) is 11.5. The van der Waals surface area contributed by atoms with Crippen molar-refractivity contribution in [2.75, 3.05) is 0 Å². The predicted molar refractivity (Wildman–Crippen MR) is 82.6 cm³/mol. The van der Waals surface area contributed by atoms with Crippen LogP contribution < -0.4 is 0 Å². The molecule has 104 valence electrons. The summed E-state index contributed by atoms with van der Waals surface area (Å²) in [6.07, 6.45) is 6.33. The highest BCUT2D eigenvalue weighted by molar-refractivity contribution is 5.86. The molecule has 0 aromatic carbocycles. The lowest BCUT2D eigenvalue weighted by atomic mass is 10.1. The first-order chi connectivity index (χ1) is 10.2. The molecule has 5 heteroatoms. The lowest BCUT2D eigenvalue weighted by molar-refractivity contribution is 0.628. The number of nitrogens with zero attached hydrogens (tertiary/aromatic N) is 3. The molecule has 0 saturated carbocycles. The van der Waals surface area contributed by atoms with E-state index >= 15 is 0 Å². The minimum atomic E-state index is -0.337. The summed E-state index contributed by atoms with van der Waals surface area (Å²) in [5.41, 5.74) is 3.62. The quantitative estimate of drug-likeness (QED) is 0.743. The highest BCUT2D eigenvalue weighted by Gasteiger charge is 2.10. The minimum absolute atomic E-state index is 0.337. The number of H-pyrrole nitrogens is 1. The molecule has 3 heterocycles. The Bertz CT molecular complexity index is 849. The first kappa shape index (κ1) is 13.2. The first-order valence-electron chi connectivity index (χ1n) is 6.42. The van der Waals surface area contributed by atoms with E-state index in [9.17, 15) is 4.39 Å². The van der Waals surface area contributed by atoms with Gasteiger partial charge in [0.15, 0.2) is 0 Å². The molecule has 21 heavy (non-hydrogen) atoms. The normalized spacial score (nSPS) is 11.3. The van der Waals surface area contributed by atoms with Crippen LogP contribution in [0.1, 0.15) is 11.3 Å². The summed E-state index contributed by atoms with van der Waals surface area (Å²) < 4.78 is 13.8. The number of aryl methyl sites for hydroxylation is 1. The van der Waals surface area contributed by atoms with E-state index in [1.807, 2.05) is 19.1 Å². The molecule has 3 aromatic heterocycles. The summed E-state index contributed by atoms with van der Waals surface area (Å²) in [5, 5.41) is 0.992. The van der Waals surface area contributed by atoms with E-state index < -0.39 is 0 Å². The van der Waals surface area contributed by atoms with Gasteiger partial charge in [-0.15, -0.1) is 0 Å². The summed E-state index contributed by atoms with van der Waals surface area (Å²) in [7, 11) is 0. The fourth-order valence-electron chi connectivity index (χ4n) is 2.23. The second-order valence-corrected chi connectivity index (χ2v) is 4.61. The fraction of sp³-hybridized carbons (Fsp3) is 0.0625. The molecule has 0 spiro atoms. The Labute approximate surface area is 121 Å². The van der Waals surface area contributed by atoms with Gasteiger partial charge in [-0.05, 0) is 43.5 Å². The standard InChI is InChI=1S/C16H13FN4/c1-10-11-3-4-15(12-9-19-8-5-13(12)17)21-16(11)20-14(10)6-7-18-2/h3-9H,2H2,1H3,(H,20,21)/b7-6-. The minimum Gasteiger partial charge on any atom is -0.339 e. The maximum Gasteiger partial charge on any atom is 0.138 e. The molecule has 0 amide bonds. The van der Waals surface area contributed by atoms with Crippen molar-refractivity contribution < 1.29 is 4.39 Å². The summed E-state index contributed by atoms with van der Waals surface area (Å²) >= 11 is 0. The number of halogens is 1. The van der Waals surface area contributed by atoms with Crippen LogP contribution in [-0.4, -0.2) is 21.7 Å². The van der Waals surface area contributed by atoms with E-state index in [-0.39, 0.29) is 5.82 Å². The summed E-state index contributed by atoms with van der Waals surface area (Å²) in [6, 6.07) is 5.04. The van der Waals surface area contributed by atoms with Gasteiger partial charge < -0.3 is 4.98 Å². The third-order valence-electron chi connectivity index (χ3n) is 3.35. The van der Waals surface area contributed by atoms with Gasteiger partial charge in [0.05, 0.1) is 11.3 Å². The molecule has 0 saturated heterocycles. The van der Waals surface area contributed by atoms with Crippen LogP contribution in [0.15, 0.2) is 41.8 Å². The third-order valence-corrected chi connectivity index (χ3v) is 3.35. The van der Waals surface area contributed by atoms with Crippen LogP contribution in [0.25, 0.3) is 28.4 Å². The van der Waals surface area contributed by atoms with Gasteiger partial charge in [0, 0.05) is 29.7 Å². The molecule has 3 aromatic rings. The molecule has 1 N–H and O–H groups in total. The van der Waals surface area contributed by atoms with Gasteiger partial charge in [0.1, 0.15) is 11.5 Å². The van der Waals surface area contributed by atoms with E-state index in [4.69, 9.17) is 0 Å². The van der Waals surface area contributed by atoms with Crippen molar-refractivity contribution in [1.82, 2.24) is 15.0 Å². The molecule has 0 aliphatic rings. The highest BCUT2D eigenvalue weighted by atomic mass is 19.1. The largest absolute Gasteiger partial charge is 0.339 e. The smallest absolute Gasteiger partial charge is 0.138 e. The van der Waals surface area contributed by atoms with Crippen molar-refractivity contribution in [3.05, 3.63) is 53.9 Å². The average Bonchev–Trinajstić information content (AvgIpc) is 2.81. The molecule has 0 bridgehead atoms. The number of hydrogen-bond donors (Lipinski definition) is 1. The Hall–Kier alpha value is -2.82. The molecule has 0 atom stereocenters. The van der Waals surface area contributed by atoms with E-state index in [2.05, 4.69) is 26.7 Å². The Morgan fingerprint density at radius 2 is 2.19 bits per heavy atom. The number of hydrogen-bond acceptors (Lipinski definition) is 3. The van der Waals surface area contributed by atoms with Crippen LogP contribution >= 0.6 is 0 Å². The lowest BCUT2D eigenvalue weighted by Crippen LogP contribution is -1.89. The van der Waals surface area contributed by atoms with Gasteiger partial charge in [-0.25, -0.2) is 9.37 Å². The van der Waals surface area contributed by atoms with E-state index in [1.54, 1.807) is 12.3 Å². The maximum atomic E-state index is 13.8. The van der Waals surface area contributed by atoms with Crippen LogP contribution in [0.5, 0.6) is 0 Å². The summed E-state index contributed by atoms with van der Waals surface area (Å²) in [6.45, 7) is 5.40. The van der Waals surface area contributed by atoms with E-state index in [1.165, 1.54) is 18.5 Å². The van der Waals surface area contributed by atoms with Gasteiger partial charge in [0.2, 0.25) is 0 Å². The second kappa shape index (κ2) is 5.28. The molecule has 0 radical (unpaired) electrons. The molecule has 0 unspecified atom stereocenters. The number of aromatic amines is 1. The number of rotatable bonds is 3. The molecule has 4 nitrogen and oxygen atoms in total. The van der Waals surface area contributed by atoms with Gasteiger partial charge >= 0.3 is 0 Å². The van der Waals surface area contributed by atoms with Crippen LogP contribution in [0, 0.1) is 12.7 Å². The van der Waals surface area contributed by atoms with E-state index in [0.29, 0.717) is 16.9 Å². The van der Waals surface area contributed by atoms with Crippen molar-refractivity contribution in [2.24, 2.45) is 4.99 Å². The van der Waals surface area contributed by atoms with Crippen molar-refractivity contribution >= 4 is 23.8 Å². The SMILES string of the molecule is C=N/C=C\c1[nH]c2nc(-c3cnccc3F)ccc2c1C. The third kappa shape index (κ3) is 2.33. The zero-order valence-electron chi connectivity index (χ0n) is 11.5. The Morgan fingerprint density at radius 3 is 2.95 bits per heavy atom. The molecule has 0 fully saturated rings. The van der Waals surface area contributed by atoms with Gasteiger partial charge in [-0.1, -0.05) is 0 Å². The molecular weight excluding hydrogens is 267 g/mol. The Balaban J connectivity index is 2.15. The predicted octanol–water partition coefficient (Wildman–Crippen LogP) is 3.74. The van der Waals surface area contributed by atoms with Crippen LogP contribution in [-0.2, 0) is 0 Å². The summed E-state index contributed by atoms with van der Waals surface area (Å²) in [4.78, 5) is 15.3.